The average molecular weight is 336 g/mol. The molecule has 0 aliphatic carbocycles. The van der Waals surface area contributed by atoms with Gasteiger partial charge < -0.3 is 10.2 Å². The first kappa shape index (κ1) is 16.3. The highest BCUT2D eigenvalue weighted by molar-refractivity contribution is 7.91. The number of nitrogens with one attached hydrogen (secondary N) is 1. The molecule has 0 spiro atoms. The smallest absolute Gasteiger partial charge is 0.224 e. The maximum absolute atomic E-state index is 12.1. The van der Waals surface area contributed by atoms with Crippen molar-refractivity contribution in [1.29, 1.82) is 0 Å². The van der Waals surface area contributed by atoms with Crippen LogP contribution in [0, 0.1) is 5.92 Å². The highest BCUT2D eigenvalue weighted by atomic mass is 32.2. The van der Waals surface area contributed by atoms with Crippen molar-refractivity contribution in [1.82, 2.24) is 0 Å². The number of amides is 1. The summed E-state index contributed by atoms with van der Waals surface area (Å²) in [5.41, 5.74) is 1.97. The third-order valence-electron chi connectivity index (χ3n) is 4.65. The fraction of sp³-hybridized carbons (Fsp3) is 0.588. The van der Waals surface area contributed by atoms with Gasteiger partial charge in [0.05, 0.1) is 11.5 Å². The molecule has 0 radical (unpaired) electrons. The Hall–Kier alpha value is -1.56. The standard InChI is InChI=1S/C17H24N2O3S/c20-17(12-14-4-3-11-23(21,22)13-14)18-15-5-7-16(8-6-15)19-9-1-2-10-19/h5-8,14H,1-4,9-13H2,(H,18,20). The van der Waals surface area contributed by atoms with E-state index < -0.39 is 9.84 Å². The number of carbonyl (C=O) groups excluding carboxylic acids is 1. The van der Waals surface area contributed by atoms with E-state index in [4.69, 9.17) is 0 Å². The SMILES string of the molecule is O=C(CC1CCCS(=O)(=O)C1)Nc1ccc(N2CCCC2)cc1. The zero-order chi connectivity index (χ0) is 16.3. The lowest BCUT2D eigenvalue weighted by molar-refractivity contribution is -0.117. The molecule has 3 rings (SSSR count). The van der Waals surface area contributed by atoms with E-state index >= 15 is 0 Å². The van der Waals surface area contributed by atoms with Crippen LogP contribution in [0.3, 0.4) is 0 Å². The molecule has 2 fully saturated rings. The van der Waals surface area contributed by atoms with Crippen molar-refractivity contribution in [3.8, 4) is 0 Å². The summed E-state index contributed by atoms with van der Waals surface area (Å²) in [6, 6.07) is 7.91. The van der Waals surface area contributed by atoms with Gasteiger partial charge in [-0.2, -0.15) is 0 Å². The summed E-state index contributed by atoms with van der Waals surface area (Å²) in [5.74, 6) is 0.274. The normalized spacial score (nSPS) is 23.7. The lowest BCUT2D eigenvalue weighted by atomic mass is 10.0. The van der Waals surface area contributed by atoms with Crippen LogP contribution in [0.4, 0.5) is 11.4 Å². The van der Waals surface area contributed by atoms with Gasteiger partial charge in [-0.15, -0.1) is 0 Å². The van der Waals surface area contributed by atoms with Gasteiger partial charge in [-0.3, -0.25) is 4.79 Å². The van der Waals surface area contributed by atoms with Crippen molar-refractivity contribution in [2.24, 2.45) is 5.92 Å². The second-order valence-electron chi connectivity index (χ2n) is 6.62. The molecule has 0 bridgehead atoms. The average Bonchev–Trinajstić information content (AvgIpc) is 3.01. The zero-order valence-corrected chi connectivity index (χ0v) is 14.1. The van der Waals surface area contributed by atoms with Crippen molar-refractivity contribution in [3.05, 3.63) is 24.3 Å². The summed E-state index contributed by atoms with van der Waals surface area (Å²) in [5, 5.41) is 2.88. The maximum Gasteiger partial charge on any atom is 0.224 e. The molecule has 23 heavy (non-hydrogen) atoms. The van der Waals surface area contributed by atoms with Crippen LogP contribution >= 0.6 is 0 Å². The minimum absolute atomic E-state index is 0.0439. The molecule has 0 saturated carbocycles. The number of anilines is 2. The minimum atomic E-state index is -2.95. The van der Waals surface area contributed by atoms with E-state index in [1.807, 2.05) is 24.3 Å². The second kappa shape index (κ2) is 6.91. The Kier molecular flexibility index (Phi) is 4.90. The Morgan fingerprint density at radius 3 is 2.48 bits per heavy atom. The monoisotopic (exact) mass is 336 g/mol. The lowest BCUT2D eigenvalue weighted by Crippen LogP contribution is -2.28. The first-order valence-corrected chi connectivity index (χ1v) is 10.2. The summed E-state index contributed by atoms with van der Waals surface area (Å²) in [6.07, 6.45) is 4.25. The molecule has 1 unspecified atom stereocenters. The van der Waals surface area contributed by atoms with Gasteiger partial charge >= 0.3 is 0 Å². The van der Waals surface area contributed by atoms with Gasteiger partial charge in [0.2, 0.25) is 5.91 Å². The first-order chi connectivity index (χ1) is 11.0. The molecule has 1 N–H and O–H groups in total. The summed E-state index contributed by atoms with van der Waals surface area (Å²) >= 11 is 0. The minimum Gasteiger partial charge on any atom is -0.372 e. The molecule has 126 valence electrons. The summed E-state index contributed by atoms with van der Waals surface area (Å²) in [6.45, 7) is 2.20. The van der Waals surface area contributed by atoms with Gasteiger partial charge in [0.25, 0.3) is 0 Å². The van der Waals surface area contributed by atoms with Crippen LogP contribution < -0.4 is 10.2 Å². The summed E-state index contributed by atoms with van der Waals surface area (Å²) in [4.78, 5) is 14.5. The zero-order valence-electron chi connectivity index (χ0n) is 13.3. The number of rotatable bonds is 4. The van der Waals surface area contributed by atoms with Crippen LogP contribution in [0.25, 0.3) is 0 Å². The van der Waals surface area contributed by atoms with Crippen molar-refractivity contribution in [3.63, 3.8) is 0 Å². The van der Waals surface area contributed by atoms with Crippen LogP contribution in [-0.4, -0.2) is 38.9 Å². The van der Waals surface area contributed by atoms with Crippen molar-refractivity contribution < 1.29 is 13.2 Å². The third-order valence-corrected chi connectivity index (χ3v) is 6.54. The fourth-order valence-corrected chi connectivity index (χ4v) is 5.26. The van der Waals surface area contributed by atoms with Crippen LogP contribution in [0.5, 0.6) is 0 Å². The fourth-order valence-electron chi connectivity index (χ4n) is 3.48. The lowest BCUT2D eigenvalue weighted by Gasteiger charge is -2.21. The molecule has 6 heteroatoms. The quantitative estimate of drug-likeness (QED) is 0.917. The Balaban J connectivity index is 1.53. The van der Waals surface area contributed by atoms with E-state index in [0.717, 1.165) is 25.2 Å². The van der Waals surface area contributed by atoms with E-state index in [9.17, 15) is 13.2 Å². The van der Waals surface area contributed by atoms with E-state index in [1.165, 1.54) is 18.5 Å². The second-order valence-corrected chi connectivity index (χ2v) is 8.84. The molecule has 2 heterocycles. The first-order valence-electron chi connectivity index (χ1n) is 8.37. The van der Waals surface area contributed by atoms with Crippen LogP contribution in [0.15, 0.2) is 24.3 Å². The largest absolute Gasteiger partial charge is 0.372 e. The Bertz CT molecular complexity index is 649. The molecule has 1 atom stereocenters. The number of hydrogen-bond donors (Lipinski definition) is 1. The highest BCUT2D eigenvalue weighted by Crippen LogP contribution is 2.24. The molecule has 2 aliphatic rings. The molecule has 5 nitrogen and oxygen atoms in total. The van der Waals surface area contributed by atoms with E-state index in [-0.39, 0.29) is 29.8 Å². The maximum atomic E-state index is 12.1. The van der Waals surface area contributed by atoms with Gasteiger partial charge in [-0.25, -0.2) is 8.42 Å². The van der Waals surface area contributed by atoms with Crippen molar-refractivity contribution >= 4 is 27.1 Å². The van der Waals surface area contributed by atoms with E-state index in [1.54, 1.807) is 0 Å². The Labute approximate surface area is 138 Å². The van der Waals surface area contributed by atoms with Gasteiger partial charge in [0.1, 0.15) is 0 Å². The van der Waals surface area contributed by atoms with Gasteiger partial charge in [-0.1, -0.05) is 0 Å². The summed E-state index contributed by atoms with van der Waals surface area (Å²) < 4.78 is 23.3. The number of carbonyl (C=O) groups is 1. The van der Waals surface area contributed by atoms with Crippen LogP contribution in [0.1, 0.15) is 32.1 Å². The van der Waals surface area contributed by atoms with Crippen molar-refractivity contribution in [2.45, 2.75) is 32.1 Å². The number of benzene rings is 1. The van der Waals surface area contributed by atoms with Crippen molar-refractivity contribution in [2.75, 3.05) is 34.8 Å². The predicted molar refractivity (Wildman–Crippen MR) is 92.5 cm³/mol. The topological polar surface area (TPSA) is 66.5 Å². The molecular weight excluding hydrogens is 312 g/mol. The molecule has 1 aromatic rings. The van der Waals surface area contributed by atoms with E-state index in [2.05, 4.69) is 10.2 Å². The van der Waals surface area contributed by atoms with Gasteiger partial charge in [-0.05, 0) is 55.9 Å². The highest BCUT2D eigenvalue weighted by Gasteiger charge is 2.26. The summed E-state index contributed by atoms with van der Waals surface area (Å²) in [7, 11) is -2.95. The molecule has 1 aromatic carbocycles. The van der Waals surface area contributed by atoms with Gasteiger partial charge in [0.15, 0.2) is 9.84 Å². The van der Waals surface area contributed by atoms with E-state index in [0.29, 0.717) is 6.42 Å². The Morgan fingerprint density at radius 2 is 1.83 bits per heavy atom. The number of nitrogens with zero attached hydrogens (tertiary/aromatic N) is 1. The van der Waals surface area contributed by atoms with Crippen LogP contribution in [-0.2, 0) is 14.6 Å². The van der Waals surface area contributed by atoms with Crippen LogP contribution in [0.2, 0.25) is 0 Å². The third kappa shape index (κ3) is 4.47. The van der Waals surface area contributed by atoms with Gasteiger partial charge in [0, 0.05) is 30.9 Å². The molecule has 2 aliphatic heterocycles. The number of sulfone groups is 1. The Morgan fingerprint density at radius 1 is 1.13 bits per heavy atom. The molecule has 2 saturated heterocycles. The molecular formula is C17H24N2O3S. The molecule has 0 aromatic heterocycles. The number of hydrogen-bond acceptors (Lipinski definition) is 4. The molecule has 1 amide bonds. The predicted octanol–water partition coefficient (Wildman–Crippen LogP) is 2.44.